The van der Waals surface area contributed by atoms with E-state index in [1.165, 1.54) is 5.52 Å². The molecule has 0 aliphatic carbocycles. The summed E-state index contributed by atoms with van der Waals surface area (Å²) in [4.78, 5) is 4.44. The van der Waals surface area contributed by atoms with Gasteiger partial charge in [-0.25, -0.2) is 4.98 Å². The zero-order valence-corrected chi connectivity index (χ0v) is 11.8. The second kappa shape index (κ2) is 5.11. The molecule has 0 radical (unpaired) electrons. The van der Waals surface area contributed by atoms with Crippen LogP contribution in [0.4, 0.5) is 0 Å². The third-order valence-corrected chi connectivity index (χ3v) is 3.72. The van der Waals surface area contributed by atoms with Crippen LogP contribution in [0.2, 0.25) is 0 Å². The van der Waals surface area contributed by atoms with Gasteiger partial charge in [-0.05, 0) is 39.3 Å². The Kier molecular flexibility index (Phi) is 3.71. The van der Waals surface area contributed by atoms with Gasteiger partial charge in [0.25, 0.3) is 0 Å². The molecule has 1 N–H and O–H groups in total. The quantitative estimate of drug-likeness (QED) is 0.875. The number of nitrogens with one attached hydrogen (secondary N) is 1. The lowest BCUT2D eigenvalue weighted by Gasteiger charge is -2.27. The van der Waals surface area contributed by atoms with Crippen molar-refractivity contribution in [1.29, 1.82) is 0 Å². The van der Waals surface area contributed by atoms with E-state index in [9.17, 15) is 0 Å². The summed E-state index contributed by atoms with van der Waals surface area (Å²) in [5.74, 6) is 0. The molecule has 0 saturated heterocycles. The van der Waals surface area contributed by atoms with Crippen LogP contribution >= 0.6 is 0 Å². The molecule has 3 nitrogen and oxygen atoms in total. The van der Waals surface area contributed by atoms with E-state index in [0.29, 0.717) is 6.04 Å². The van der Waals surface area contributed by atoms with Crippen LogP contribution in [0.3, 0.4) is 0 Å². The van der Waals surface area contributed by atoms with E-state index in [1.807, 2.05) is 12.4 Å². The lowest BCUT2D eigenvalue weighted by atomic mass is 10.0. The van der Waals surface area contributed by atoms with Crippen molar-refractivity contribution >= 4 is 11.0 Å². The number of hydrogen-bond acceptors (Lipinski definition) is 2. The van der Waals surface area contributed by atoms with Crippen molar-refractivity contribution in [1.82, 2.24) is 14.9 Å². The highest BCUT2D eigenvalue weighted by molar-refractivity contribution is 5.75. The van der Waals surface area contributed by atoms with Crippen molar-refractivity contribution in [3.63, 3.8) is 0 Å². The molecule has 1 heterocycles. The first-order chi connectivity index (χ1) is 8.53. The molecule has 1 unspecified atom stereocenters. The van der Waals surface area contributed by atoms with Gasteiger partial charge in [-0.3, -0.25) is 0 Å². The standard InChI is InChI=1S/C15H23N3/c1-5-15(3,4)17-10-12(2)18-11-16-13-8-6-7-9-14(13)18/h6-9,11-12,17H,5,10H2,1-4H3. The number of imidazole rings is 1. The van der Waals surface area contributed by atoms with Gasteiger partial charge in [-0.2, -0.15) is 0 Å². The molecule has 2 rings (SSSR count). The maximum Gasteiger partial charge on any atom is 0.0961 e. The molecule has 98 valence electrons. The number of benzene rings is 1. The fourth-order valence-corrected chi connectivity index (χ4v) is 1.98. The first-order valence-electron chi connectivity index (χ1n) is 6.70. The molecule has 0 spiro atoms. The third kappa shape index (κ3) is 2.72. The predicted molar refractivity (Wildman–Crippen MR) is 76.8 cm³/mol. The van der Waals surface area contributed by atoms with E-state index >= 15 is 0 Å². The van der Waals surface area contributed by atoms with Crippen LogP contribution in [-0.2, 0) is 0 Å². The summed E-state index contributed by atoms with van der Waals surface area (Å²) in [6.07, 6.45) is 3.07. The number of nitrogens with zero attached hydrogens (tertiary/aromatic N) is 2. The van der Waals surface area contributed by atoms with Gasteiger partial charge >= 0.3 is 0 Å². The third-order valence-electron chi connectivity index (χ3n) is 3.72. The molecule has 0 saturated carbocycles. The van der Waals surface area contributed by atoms with Crippen LogP contribution in [0.15, 0.2) is 30.6 Å². The first-order valence-corrected chi connectivity index (χ1v) is 6.70. The maximum absolute atomic E-state index is 4.44. The summed E-state index contributed by atoms with van der Waals surface area (Å²) in [6, 6.07) is 8.69. The molecule has 3 heteroatoms. The Morgan fingerprint density at radius 3 is 2.78 bits per heavy atom. The van der Waals surface area contributed by atoms with Crippen LogP contribution in [0.25, 0.3) is 11.0 Å². The van der Waals surface area contributed by atoms with Crippen molar-refractivity contribution in [3.8, 4) is 0 Å². The Morgan fingerprint density at radius 1 is 1.33 bits per heavy atom. The molecule has 0 bridgehead atoms. The van der Waals surface area contributed by atoms with E-state index in [2.05, 4.69) is 60.8 Å². The van der Waals surface area contributed by atoms with Crippen molar-refractivity contribution in [2.45, 2.75) is 45.7 Å². The first kappa shape index (κ1) is 13.1. The molecule has 2 aromatic rings. The van der Waals surface area contributed by atoms with Gasteiger partial charge in [-0.1, -0.05) is 19.1 Å². The minimum atomic E-state index is 0.199. The predicted octanol–water partition coefficient (Wildman–Crippen LogP) is 3.38. The normalized spacial score (nSPS) is 14.0. The summed E-state index contributed by atoms with van der Waals surface area (Å²) in [5.41, 5.74) is 2.48. The van der Waals surface area contributed by atoms with Crippen LogP contribution in [0.5, 0.6) is 0 Å². The second-order valence-electron chi connectivity index (χ2n) is 5.61. The number of hydrogen-bond donors (Lipinski definition) is 1. The van der Waals surface area contributed by atoms with Gasteiger partial charge in [0.05, 0.1) is 17.4 Å². The zero-order chi connectivity index (χ0) is 13.2. The molecular formula is C15H23N3. The fourth-order valence-electron chi connectivity index (χ4n) is 1.98. The van der Waals surface area contributed by atoms with Crippen molar-refractivity contribution < 1.29 is 0 Å². The lowest BCUT2D eigenvalue weighted by molar-refractivity contribution is 0.346. The van der Waals surface area contributed by atoms with Gasteiger partial charge in [0.15, 0.2) is 0 Å². The monoisotopic (exact) mass is 245 g/mol. The molecule has 18 heavy (non-hydrogen) atoms. The van der Waals surface area contributed by atoms with Gasteiger partial charge in [-0.15, -0.1) is 0 Å². The van der Waals surface area contributed by atoms with E-state index in [-0.39, 0.29) is 5.54 Å². The minimum Gasteiger partial charge on any atom is -0.326 e. The van der Waals surface area contributed by atoms with Crippen LogP contribution in [-0.4, -0.2) is 21.6 Å². The molecule has 0 aliphatic heterocycles. The smallest absolute Gasteiger partial charge is 0.0961 e. The highest BCUT2D eigenvalue weighted by Crippen LogP contribution is 2.17. The number of aromatic nitrogens is 2. The van der Waals surface area contributed by atoms with Gasteiger partial charge in [0.1, 0.15) is 0 Å². The Hall–Kier alpha value is -1.35. The zero-order valence-electron chi connectivity index (χ0n) is 11.8. The van der Waals surface area contributed by atoms with Crippen molar-refractivity contribution in [2.24, 2.45) is 0 Å². The van der Waals surface area contributed by atoms with Gasteiger partial charge in [0, 0.05) is 18.1 Å². The molecule has 1 aromatic carbocycles. The van der Waals surface area contributed by atoms with Crippen molar-refractivity contribution in [3.05, 3.63) is 30.6 Å². The molecule has 0 amide bonds. The summed E-state index contributed by atoms with van der Waals surface area (Å²) >= 11 is 0. The van der Waals surface area contributed by atoms with E-state index < -0.39 is 0 Å². The molecule has 0 aliphatic rings. The van der Waals surface area contributed by atoms with Crippen LogP contribution in [0, 0.1) is 0 Å². The lowest BCUT2D eigenvalue weighted by Crippen LogP contribution is -2.41. The second-order valence-corrected chi connectivity index (χ2v) is 5.61. The summed E-state index contributed by atoms with van der Waals surface area (Å²) in [6.45, 7) is 9.88. The average Bonchev–Trinajstić information content (AvgIpc) is 2.80. The molecule has 1 aromatic heterocycles. The highest BCUT2D eigenvalue weighted by Gasteiger charge is 2.16. The fraction of sp³-hybridized carbons (Fsp3) is 0.533. The average molecular weight is 245 g/mol. The minimum absolute atomic E-state index is 0.199. The van der Waals surface area contributed by atoms with E-state index in [0.717, 1.165) is 18.5 Å². The van der Waals surface area contributed by atoms with Gasteiger partial charge in [0.2, 0.25) is 0 Å². The van der Waals surface area contributed by atoms with Crippen LogP contribution in [0.1, 0.15) is 40.2 Å². The van der Waals surface area contributed by atoms with Crippen molar-refractivity contribution in [2.75, 3.05) is 6.54 Å². The molecule has 1 atom stereocenters. The number of para-hydroxylation sites is 2. The Balaban J connectivity index is 2.12. The van der Waals surface area contributed by atoms with E-state index in [4.69, 9.17) is 0 Å². The summed E-state index contributed by atoms with van der Waals surface area (Å²) in [7, 11) is 0. The maximum atomic E-state index is 4.44. The van der Waals surface area contributed by atoms with E-state index in [1.54, 1.807) is 0 Å². The highest BCUT2D eigenvalue weighted by atomic mass is 15.1. The molecular weight excluding hydrogens is 222 g/mol. The van der Waals surface area contributed by atoms with Gasteiger partial charge < -0.3 is 9.88 Å². The summed E-state index contributed by atoms with van der Waals surface area (Å²) in [5, 5.41) is 3.61. The topological polar surface area (TPSA) is 29.9 Å². The summed E-state index contributed by atoms with van der Waals surface area (Å²) < 4.78 is 2.24. The Bertz CT molecular complexity index is 513. The van der Waals surface area contributed by atoms with Crippen LogP contribution < -0.4 is 5.32 Å². The largest absolute Gasteiger partial charge is 0.326 e. The molecule has 0 fully saturated rings. The Labute approximate surface area is 109 Å². The number of rotatable bonds is 5. The number of fused-ring (bicyclic) bond motifs is 1. The SMILES string of the molecule is CCC(C)(C)NCC(C)n1cnc2ccccc21. The Morgan fingerprint density at radius 2 is 2.06 bits per heavy atom.